The van der Waals surface area contributed by atoms with Crippen molar-refractivity contribution in [2.45, 2.75) is 25.3 Å². The Morgan fingerprint density at radius 2 is 2.03 bits per heavy atom. The summed E-state index contributed by atoms with van der Waals surface area (Å²) in [5.74, 6) is 0.647. The quantitative estimate of drug-likeness (QED) is 0.530. The van der Waals surface area contributed by atoms with Crippen LogP contribution in [0, 0.1) is 0 Å². The van der Waals surface area contributed by atoms with Gasteiger partial charge in [-0.05, 0) is 59.7 Å². The Morgan fingerprint density at radius 1 is 1.17 bits per heavy atom. The normalized spacial score (nSPS) is 13.4. The number of pyridine rings is 1. The Labute approximate surface area is 170 Å². The standard InChI is InChI=1S/C20H17N7OS/c28-18(11-15-12-29-20(23-15)17-3-1-2-10-21-17)22-14-6-4-13(5-7-14)19-24-25-26-27(19)16-8-9-16/h1-7,10,12,16H,8-9,11H2,(H,22,28). The van der Waals surface area contributed by atoms with E-state index in [9.17, 15) is 4.79 Å². The monoisotopic (exact) mass is 403 g/mol. The van der Waals surface area contributed by atoms with Crippen molar-refractivity contribution in [3.63, 3.8) is 0 Å². The van der Waals surface area contributed by atoms with Crippen molar-refractivity contribution >= 4 is 22.9 Å². The Kier molecular flexibility index (Phi) is 4.57. The van der Waals surface area contributed by atoms with Crippen LogP contribution in [-0.2, 0) is 11.2 Å². The minimum Gasteiger partial charge on any atom is -0.326 e. The molecule has 1 aromatic carbocycles. The lowest BCUT2D eigenvalue weighted by Crippen LogP contribution is -2.14. The van der Waals surface area contributed by atoms with Crippen molar-refractivity contribution in [1.29, 1.82) is 0 Å². The van der Waals surface area contributed by atoms with Crippen LogP contribution in [0.2, 0.25) is 0 Å². The molecule has 1 aliphatic carbocycles. The molecule has 0 saturated heterocycles. The molecule has 1 aliphatic rings. The second-order valence-electron chi connectivity index (χ2n) is 6.84. The fraction of sp³-hybridized carbons (Fsp3) is 0.200. The maximum absolute atomic E-state index is 12.4. The summed E-state index contributed by atoms with van der Waals surface area (Å²) in [6, 6.07) is 13.7. The molecule has 5 rings (SSSR count). The zero-order valence-electron chi connectivity index (χ0n) is 15.4. The van der Waals surface area contributed by atoms with E-state index in [0.717, 1.165) is 46.3 Å². The van der Waals surface area contributed by atoms with E-state index < -0.39 is 0 Å². The van der Waals surface area contributed by atoms with Crippen molar-refractivity contribution in [2.24, 2.45) is 0 Å². The molecule has 144 valence electrons. The number of nitrogens with zero attached hydrogens (tertiary/aromatic N) is 6. The average Bonchev–Trinajstić information content (AvgIpc) is 3.29. The van der Waals surface area contributed by atoms with Gasteiger partial charge in [-0.2, -0.15) is 0 Å². The molecule has 0 aliphatic heterocycles. The molecule has 1 saturated carbocycles. The zero-order chi connectivity index (χ0) is 19.6. The van der Waals surface area contributed by atoms with Crippen molar-refractivity contribution in [2.75, 3.05) is 5.32 Å². The number of nitrogens with one attached hydrogen (secondary N) is 1. The second kappa shape index (κ2) is 7.51. The summed E-state index contributed by atoms with van der Waals surface area (Å²) in [7, 11) is 0. The maximum atomic E-state index is 12.4. The number of amides is 1. The highest BCUT2D eigenvalue weighted by molar-refractivity contribution is 7.13. The minimum atomic E-state index is -0.113. The number of hydrogen-bond acceptors (Lipinski definition) is 7. The highest BCUT2D eigenvalue weighted by atomic mass is 32.1. The average molecular weight is 403 g/mol. The van der Waals surface area contributed by atoms with Crippen molar-refractivity contribution < 1.29 is 4.79 Å². The van der Waals surface area contributed by atoms with E-state index in [1.165, 1.54) is 11.3 Å². The van der Waals surface area contributed by atoms with Gasteiger partial charge in [0.2, 0.25) is 5.91 Å². The van der Waals surface area contributed by atoms with E-state index in [2.05, 4.69) is 30.8 Å². The van der Waals surface area contributed by atoms with E-state index >= 15 is 0 Å². The van der Waals surface area contributed by atoms with E-state index in [1.807, 2.05) is 52.5 Å². The van der Waals surface area contributed by atoms with Crippen LogP contribution in [-0.4, -0.2) is 36.1 Å². The summed E-state index contributed by atoms with van der Waals surface area (Å²) in [6.07, 6.45) is 4.18. The number of thiazole rings is 1. The molecule has 0 atom stereocenters. The molecule has 1 fully saturated rings. The van der Waals surface area contributed by atoms with Gasteiger partial charge < -0.3 is 5.32 Å². The van der Waals surface area contributed by atoms with Gasteiger partial charge in [0.1, 0.15) is 5.01 Å². The number of aromatic nitrogens is 6. The highest BCUT2D eigenvalue weighted by Gasteiger charge is 2.28. The van der Waals surface area contributed by atoms with E-state index in [4.69, 9.17) is 0 Å². The molecular formula is C20H17N7OS. The first-order valence-electron chi connectivity index (χ1n) is 9.30. The predicted octanol–water partition coefficient (Wildman–Crippen LogP) is 3.37. The molecule has 8 nitrogen and oxygen atoms in total. The molecule has 1 N–H and O–H groups in total. The fourth-order valence-electron chi connectivity index (χ4n) is 3.02. The fourth-order valence-corrected chi connectivity index (χ4v) is 3.81. The van der Waals surface area contributed by atoms with Crippen LogP contribution >= 0.6 is 11.3 Å². The molecular weight excluding hydrogens is 386 g/mol. The summed E-state index contributed by atoms with van der Waals surface area (Å²) in [4.78, 5) is 21.2. The molecule has 4 aromatic rings. The van der Waals surface area contributed by atoms with Gasteiger partial charge >= 0.3 is 0 Å². The van der Waals surface area contributed by atoms with Gasteiger partial charge in [-0.25, -0.2) is 9.67 Å². The lowest BCUT2D eigenvalue weighted by molar-refractivity contribution is -0.115. The largest absolute Gasteiger partial charge is 0.326 e. The van der Waals surface area contributed by atoms with Gasteiger partial charge in [-0.3, -0.25) is 9.78 Å². The number of tetrazole rings is 1. The summed E-state index contributed by atoms with van der Waals surface area (Å²) in [5.41, 5.74) is 3.20. The first kappa shape index (κ1) is 17.6. The predicted molar refractivity (Wildman–Crippen MR) is 109 cm³/mol. The summed E-state index contributed by atoms with van der Waals surface area (Å²) < 4.78 is 1.87. The number of carbonyl (C=O) groups is 1. The van der Waals surface area contributed by atoms with Crippen LogP contribution in [0.5, 0.6) is 0 Å². The van der Waals surface area contributed by atoms with Crippen LogP contribution in [0.25, 0.3) is 22.1 Å². The van der Waals surface area contributed by atoms with Crippen LogP contribution in [0.1, 0.15) is 24.6 Å². The van der Waals surface area contributed by atoms with Crippen molar-refractivity contribution in [3.05, 3.63) is 59.7 Å². The first-order valence-corrected chi connectivity index (χ1v) is 10.2. The van der Waals surface area contributed by atoms with Crippen LogP contribution < -0.4 is 5.32 Å². The van der Waals surface area contributed by atoms with Gasteiger partial charge in [-0.1, -0.05) is 6.07 Å². The molecule has 0 spiro atoms. The molecule has 3 aromatic heterocycles. The van der Waals surface area contributed by atoms with Gasteiger partial charge in [0, 0.05) is 22.8 Å². The maximum Gasteiger partial charge on any atom is 0.230 e. The highest BCUT2D eigenvalue weighted by Crippen LogP contribution is 2.36. The molecule has 0 radical (unpaired) electrons. The SMILES string of the molecule is O=C(Cc1csc(-c2ccccn2)n1)Nc1ccc(-c2nnnn2C2CC2)cc1. The lowest BCUT2D eigenvalue weighted by atomic mass is 10.2. The number of rotatable bonds is 6. The number of hydrogen-bond donors (Lipinski definition) is 1. The van der Waals surface area contributed by atoms with Gasteiger partial charge in [0.25, 0.3) is 0 Å². The van der Waals surface area contributed by atoms with Crippen LogP contribution in [0.15, 0.2) is 54.0 Å². The third kappa shape index (κ3) is 3.90. The molecule has 29 heavy (non-hydrogen) atoms. The third-order valence-electron chi connectivity index (χ3n) is 4.59. The minimum absolute atomic E-state index is 0.113. The summed E-state index contributed by atoms with van der Waals surface area (Å²) in [6.45, 7) is 0. The topological polar surface area (TPSA) is 98.5 Å². The van der Waals surface area contributed by atoms with E-state index in [1.54, 1.807) is 6.20 Å². The third-order valence-corrected chi connectivity index (χ3v) is 5.50. The van der Waals surface area contributed by atoms with Crippen molar-refractivity contribution in [1.82, 2.24) is 30.2 Å². The number of benzene rings is 1. The van der Waals surface area contributed by atoms with E-state index in [-0.39, 0.29) is 12.3 Å². The summed E-state index contributed by atoms with van der Waals surface area (Å²) >= 11 is 1.49. The second-order valence-corrected chi connectivity index (χ2v) is 7.70. The first-order chi connectivity index (χ1) is 14.3. The molecule has 1 amide bonds. The molecule has 0 unspecified atom stereocenters. The molecule has 9 heteroatoms. The number of anilines is 1. The Morgan fingerprint density at radius 3 is 2.79 bits per heavy atom. The van der Waals surface area contributed by atoms with Crippen LogP contribution in [0.4, 0.5) is 5.69 Å². The Hall–Kier alpha value is -3.46. The van der Waals surface area contributed by atoms with Gasteiger partial charge in [-0.15, -0.1) is 16.4 Å². The molecule has 3 heterocycles. The Bertz CT molecular complexity index is 1130. The molecule has 0 bridgehead atoms. The smallest absolute Gasteiger partial charge is 0.230 e. The Balaban J connectivity index is 1.23. The zero-order valence-corrected chi connectivity index (χ0v) is 16.2. The van der Waals surface area contributed by atoms with E-state index in [0.29, 0.717) is 6.04 Å². The van der Waals surface area contributed by atoms with Gasteiger partial charge in [0.15, 0.2) is 5.82 Å². The lowest BCUT2D eigenvalue weighted by Gasteiger charge is -2.06. The van der Waals surface area contributed by atoms with Crippen molar-refractivity contribution in [3.8, 4) is 22.1 Å². The number of carbonyl (C=O) groups excluding carboxylic acids is 1. The summed E-state index contributed by atoms with van der Waals surface area (Å²) in [5, 5.41) is 17.6. The van der Waals surface area contributed by atoms with Gasteiger partial charge in [0.05, 0.1) is 23.9 Å². The van der Waals surface area contributed by atoms with Crippen LogP contribution in [0.3, 0.4) is 0 Å².